The largest absolute Gasteiger partial charge is 0.497 e. The Morgan fingerprint density at radius 1 is 0.972 bits per heavy atom. The molecule has 1 heterocycles. The summed E-state index contributed by atoms with van der Waals surface area (Å²) < 4.78 is 40.1. The highest BCUT2D eigenvalue weighted by atomic mass is 32.2. The van der Waals surface area contributed by atoms with Gasteiger partial charge in [0.25, 0.3) is 15.9 Å². The number of rotatable bonds is 8. The van der Waals surface area contributed by atoms with E-state index >= 15 is 0 Å². The number of ether oxygens (including phenoxy) is 2. The molecule has 0 spiro atoms. The summed E-state index contributed by atoms with van der Waals surface area (Å²) in [5, 5.41) is 18.7. The van der Waals surface area contributed by atoms with Crippen LogP contribution in [0.5, 0.6) is 17.4 Å². The number of para-hydroxylation sites is 3. The lowest BCUT2D eigenvalue weighted by Gasteiger charge is -2.24. The van der Waals surface area contributed by atoms with Crippen molar-refractivity contribution in [2.45, 2.75) is 4.90 Å². The Balaban J connectivity index is 1.72. The van der Waals surface area contributed by atoms with E-state index in [0.29, 0.717) is 16.7 Å². The summed E-state index contributed by atoms with van der Waals surface area (Å²) in [6.07, 6.45) is 0. The third-order valence-electron chi connectivity index (χ3n) is 5.59. The van der Waals surface area contributed by atoms with Gasteiger partial charge in [-0.3, -0.25) is 9.10 Å². The molecule has 0 saturated carbocycles. The van der Waals surface area contributed by atoms with Gasteiger partial charge in [0.15, 0.2) is 5.69 Å². The number of aromatic hydroxyl groups is 1. The highest BCUT2D eigenvalue weighted by molar-refractivity contribution is 7.92. The van der Waals surface area contributed by atoms with Gasteiger partial charge >= 0.3 is 0 Å². The molecule has 0 aliphatic carbocycles. The molecule has 4 rings (SSSR count). The molecule has 186 valence electrons. The van der Waals surface area contributed by atoms with Crippen LogP contribution in [-0.2, 0) is 21.9 Å². The van der Waals surface area contributed by atoms with E-state index in [-0.39, 0.29) is 27.9 Å². The molecule has 3 aromatic carbocycles. The molecule has 0 aliphatic heterocycles. The van der Waals surface area contributed by atoms with Crippen LogP contribution in [0.2, 0.25) is 0 Å². The summed E-state index contributed by atoms with van der Waals surface area (Å²) in [4.78, 5) is 12.9. The number of nitrogens with zero attached hydrogens (tertiary/aromatic N) is 4. The van der Waals surface area contributed by atoms with E-state index in [4.69, 9.17) is 9.47 Å². The minimum absolute atomic E-state index is 0.0503. The van der Waals surface area contributed by atoms with Crippen molar-refractivity contribution in [1.29, 1.82) is 0 Å². The smallest absolute Gasteiger partial charge is 0.285 e. The number of aryl methyl sites for hydroxylation is 1. The van der Waals surface area contributed by atoms with Gasteiger partial charge in [0.2, 0.25) is 5.88 Å². The molecule has 11 heteroatoms. The monoisotopic (exact) mass is 508 g/mol. The van der Waals surface area contributed by atoms with Crippen LogP contribution in [0, 0.1) is 0 Å². The second kappa shape index (κ2) is 10.1. The maximum atomic E-state index is 13.6. The lowest BCUT2D eigenvalue weighted by atomic mass is 10.2. The number of fused-ring (bicyclic) bond motifs is 1. The normalized spacial score (nSPS) is 11.6. The zero-order valence-corrected chi connectivity index (χ0v) is 20.6. The SMILES string of the molecule is COc1ccc(S(=O)(=O)N(CC(=O)N=Nc2c(O)n(C)c3ccccc23)c2ccccc2OC)cc1. The number of hydrogen-bond donors (Lipinski definition) is 1. The molecule has 0 atom stereocenters. The summed E-state index contributed by atoms with van der Waals surface area (Å²) in [5.74, 6) is -0.269. The Bertz CT molecular complexity index is 1540. The molecule has 0 unspecified atom stereocenters. The fourth-order valence-corrected chi connectivity index (χ4v) is 5.15. The van der Waals surface area contributed by atoms with Gasteiger partial charge in [0.1, 0.15) is 18.0 Å². The second-order valence-corrected chi connectivity index (χ2v) is 9.56. The van der Waals surface area contributed by atoms with Crippen molar-refractivity contribution in [1.82, 2.24) is 4.57 Å². The molecule has 4 aromatic rings. The molecule has 1 aromatic heterocycles. The van der Waals surface area contributed by atoms with Crippen LogP contribution in [0.1, 0.15) is 0 Å². The first kappa shape index (κ1) is 24.7. The van der Waals surface area contributed by atoms with Crippen LogP contribution in [0.25, 0.3) is 10.9 Å². The number of carbonyl (C=O) groups excluding carboxylic acids is 1. The Kier molecular flexibility index (Phi) is 6.93. The highest BCUT2D eigenvalue weighted by Gasteiger charge is 2.29. The van der Waals surface area contributed by atoms with Gasteiger partial charge in [0, 0.05) is 12.4 Å². The molecule has 0 fully saturated rings. The van der Waals surface area contributed by atoms with Crippen LogP contribution >= 0.6 is 0 Å². The van der Waals surface area contributed by atoms with Crippen molar-refractivity contribution in [3.8, 4) is 17.4 Å². The van der Waals surface area contributed by atoms with Crippen molar-refractivity contribution in [2.24, 2.45) is 17.3 Å². The fourth-order valence-electron chi connectivity index (χ4n) is 3.73. The van der Waals surface area contributed by atoms with Gasteiger partial charge in [-0.25, -0.2) is 8.42 Å². The van der Waals surface area contributed by atoms with Crippen LogP contribution in [0.4, 0.5) is 11.4 Å². The zero-order chi connectivity index (χ0) is 25.9. The standard InChI is InChI=1S/C25H24N4O6S/c1-28-20-9-5-4-8-19(20)24(25(28)31)27-26-23(30)16-29(21-10-6-7-11-22(21)35-3)36(32,33)18-14-12-17(34-2)13-15-18/h4-15,31H,16H2,1-3H3. The average molecular weight is 509 g/mol. The predicted octanol–water partition coefficient (Wildman–Crippen LogP) is 4.41. The number of methoxy groups -OCH3 is 2. The second-order valence-electron chi connectivity index (χ2n) is 7.70. The molecule has 0 radical (unpaired) electrons. The lowest BCUT2D eigenvalue weighted by molar-refractivity contribution is -0.116. The van der Waals surface area contributed by atoms with E-state index in [9.17, 15) is 18.3 Å². The minimum atomic E-state index is -4.21. The van der Waals surface area contributed by atoms with Gasteiger partial charge in [0.05, 0.1) is 30.3 Å². The number of benzene rings is 3. The number of azo groups is 1. The third kappa shape index (κ3) is 4.60. The van der Waals surface area contributed by atoms with Crippen molar-refractivity contribution < 1.29 is 27.8 Å². The summed E-state index contributed by atoms with van der Waals surface area (Å²) in [5.41, 5.74) is 0.977. The first-order chi connectivity index (χ1) is 17.3. The van der Waals surface area contributed by atoms with Crippen molar-refractivity contribution in [3.05, 3.63) is 72.8 Å². The van der Waals surface area contributed by atoms with Gasteiger partial charge in [-0.05, 0) is 42.5 Å². The third-order valence-corrected chi connectivity index (χ3v) is 7.37. The van der Waals surface area contributed by atoms with E-state index in [2.05, 4.69) is 10.2 Å². The fraction of sp³-hybridized carbons (Fsp3) is 0.160. The first-order valence-electron chi connectivity index (χ1n) is 10.8. The molecule has 1 amide bonds. The summed E-state index contributed by atoms with van der Waals surface area (Å²) >= 11 is 0. The number of carbonyl (C=O) groups is 1. The van der Waals surface area contributed by atoms with E-state index in [1.807, 2.05) is 6.07 Å². The molecule has 10 nitrogen and oxygen atoms in total. The number of hydrogen-bond acceptors (Lipinski definition) is 7. The number of anilines is 1. The van der Waals surface area contributed by atoms with E-state index < -0.39 is 22.5 Å². The Hall–Kier alpha value is -4.38. The molecule has 36 heavy (non-hydrogen) atoms. The average Bonchev–Trinajstić information content (AvgIpc) is 3.15. The molecule has 1 N–H and O–H groups in total. The van der Waals surface area contributed by atoms with Gasteiger partial charge in [-0.15, -0.1) is 10.2 Å². The van der Waals surface area contributed by atoms with Crippen LogP contribution < -0.4 is 13.8 Å². The maximum absolute atomic E-state index is 13.6. The van der Waals surface area contributed by atoms with Crippen molar-refractivity contribution in [3.63, 3.8) is 0 Å². The van der Waals surface area contributed by atoms with E-state index in [0.717, 1.165) is 4.31 Å². The summed E-state index contributed by atoms with van der Waals surface area (Å²) in [6, 6.07) is 19.3. The summed E-state index contributed by atoms with van der Waals surface area (Å²) in [7, 11) is 0.328. The lowest BCUT2D eigenvalue weighted by Crippen LogP contribution is -2.35. The van der Waals surface area contributed by atoms with Crippen molar-refractivity contribution in [2.75, 3.05) is 25.1 Å². The van der Waals surface area contributed by atoms with Gasteiger partial charge in [-0.2, -0.15) is 0 Å². The molecular formula is C25H24N4O6S. The highest BCUT2D eigenvalue weighted by Crippen LogP contribution is 2.38. The molecule has 0 aliphatic rings. The Morgan fingerprint density at radius 2 is 1.64 bits per heavy atom. The molecule has 0 saturated heterocycles. The van der Waals surface area contributed by atoms with Crippen LogP contribution in [0.3, 0.4) is 0 Å². The predicted molar refractivity (Wildman–Crippen MR) is 135 cm³/mol. The quantitative estimate of drug-likeness (QED) is 0.352. The Labute approximate surface area is 208 Å². The number of sulfonamides is 1. The van der Waals surface area contributed by atoms with Crippen LogP contribution in [-0.4, -0.2) is 44.8 Å². The zero-order valence-electron chi connectivity index (χ0n) is 19.8. The summed E-state index contributed by atoms with van der Waals surface area (Å²) in [6.45, 7) is -0.649. The molecular weight excluding hydrogens is 484 g/mol. The van der Waals surface area contributed by atoms with Crippen molar-refractivity contribution >= 4 is 38.2 Å². The topological polar surface area (TPSA) is 123 Å². The van der Waals surface area contributed by atoms with E-state index in [1.54, 1.807) is 43.4 Å². The van der Waals surface area contributed by atoms with Gasteiger partial charge in [-0.1, -0.05) is 30.3 Å². The number of aromatic nitrogens is 1. The Morgan fingerprint density at radius 3 is 2.33 bits per heavy atom. The molecule has 0 bridgehead atoms. The number of amides is 1. The van der Waals surface area contributed by atoms with E-state index in [1.165, 1.54) is 49.1 Å². The first-order valence-corrected chi connectivity index (χ1v) is 12.2. The van der Waals surface area contributed by atoms with Crippen LogP contribution in [0.15, 0.2) is 87.9 Å². The minimum Gasteiger partial charge on any atom is -0.497 e. The maximum Gasteiger partial charge on any atom is 0.285 e. The van der Waals surface area contributed by atoms with Gasteiger partial charge < -0.3 is 19.1 Å².